The van der Waals surface area contributed by atoms with Gasteiger partial charge in [0, 0.05) is 0 Å². The summed E-state index contributed by atoms with van der Waals surface area (Å²) >= 11 is 0. The van der Waals surface area contributed by atoms with Gasteiger partial charge < -0.3 is 0 Å². The lowest BCUT2D eigenvalue weighted by molar-refractivity contribution is -0.0298. The van der Waals surface area contributed by atoms with Crippen molar-refractivity contribution in [2.75, 3.05) is 0 Å². The molecule has 4 rings (SSSR count). The summed E-state index contributed by atoms with van der Waals surface area (Å²) in [6.07, 6.45) is 17.8. The second-order valence-corrected chi connectivity index (χ2v) is 8.62. The molecule has 0 aromatic rings. The summed E-state index contributed by atoms with van der Waals surface area (Å²) < 4.78 is 0. The Balaban J connectivity index is 1.64. The van der Waals surface area contributed by atoms with E-state index in [4.69, 9.17) is 0 Å². The van der Waals surface area contributed by atoms with E-state index in [1.807, 2.05) is 5.57 Å². The second-order valence-electron chi connectivity index (χ2n) is 8.62. The summed E-state index contributed by atoms with van der Waals surface area (Å²) in [6.45, 7) is 5.03. The summed E-state index contributed by atoms with van der Waals surface area (Å²) in [5.41, 5.74) is 2.62. The number of rotatable bonds is 1. The minimum Gasteiger partial charge on any atom is -0.0847 e. The Morgan fingerprint density at radius 2 is 1.90 bits per heavy atom. The van der Waals surface area contributed by atoms with Crippen molar-refractivity contribution in [3.8, 4) is 0 Å². The number of allylic oxidation sites excluding steroid dienone is 2. The van der Waals surface area contributed by atoms with Crippen molar-refractivity contribution < 1.29 is 0 Å². The van der Waals surface area contributed by atoms with Crippen LogP contribution in [-0.2, 0) is 0 Å². The lowest BCUT2D eigenvalue weighted by Gasteiger charge is -2.54. The molecule has 0 heteroatoms. The van der Waals surface area contributed by atoms with Crippen LogP contribution in [-0.4, -0.2) is 0 Å². The average Bonchev–Trinajstić information content (AvgIpc) is 2.92. The zero-order chi connectivity index (χ0) is 13.7. The molecule has 5 atom stereocenters. The van der Waals surface area contributed by atoms with Crippen LogP contribution in [0.2, 0.25) is 0 Å². The molecule has 0 radical (unpaired) electrons. The highest BCUT2D eigenvalue weighted by Gasteiger charge is 2.54. The topological polar surface area (TPSA) is 0 Å². The third-order valence-corrected chi connectivity index (χ3v) is 7.93. The smallest absolute Gasteiger partial charge is 0.0172 e. The molecule has 0 heterocycles. The van der Waals surface area contributed by atoms with E-state index >= 15 is 0 Å². The normalized spacial score (nSPS) is 47.5. The van der Waals surface area contributed by atoms with Crippen molar-refractivity contribution in [1.29, 1.82) is 0 Å². The first-order valence-corrected chi connectivity index (χ1v) is 9.41. The summed E-state index contributed by atoms with van der Waals surface area (Å²) in [7, 11) is 0. The molecule has 112 valence electrons. The molecular formula is C20H32. The van der Waals surface area contributed by atoms with Crippen LogP contribution < -0.4 is 0 Å². The SMILES string of the molecule is CC(C)C12CCCC1C1CC=C3CCCCC3C1CC2. The van der Waals surface area contributed by atoms with Gasteiger partial charge in [0.2, 0.25) is 0 Å². The van der Waals surface area contributed by atoms with E-state index in [1.165, 1.54) is 38.5 Å². The van der Waals surface area contributed by atoms with Gasteiger partial charge in [0.1, 0.15) is 0 Å². The molecule has 0 aromatic carbocycles. The molecule has 0 aromatic heterocycles. The van der Waals surface area contributed by atoms with Crippen molar-refractivity contribution in [3.05, 3.63) is 11.6 Å². The van der Waals surface area contributed by atoms with Gasteiger partial charge in [0.25, 0.3) is 0 Å². The average molecular weight is 272 g/mol. The fourth-order valence-electron chi connectivity index (χ4n) is 6.96. The highest BCUT2D eigenvalue weighted by molar-refractivity contribution is 5.18. The van der Waals surface area contributed by atoms with Crippen LogP contribution in [0, 0.1) is 35.0 Å². The van der Waals surface area contributed by atoms with E-state index in [-0.39, 0.29) is 0 Å². The molecule has 20 heavy (non-hydrogen) atoms. The number of hydrogen-bond acceptors (Lipinski definition) is 0. The molecular weight excluding hydrogens is 240 g/mol. The predicted molar refractivity (Wildman–Crippen MR) is 85.5 cm³/mol. The molecule has 5 unspecified atom stereocenters. The van der Waals surface area contributed by atoms with E-state index in [0.717, 1.165) is 35.0 Å². The van der Waals surface area contributed by atoms with Crippen LogP contribution in [0.25, 0.3) is 0 Å². The summed E-state index contributed by atoms with van der Waals surface area (Å²) in [4.78, 5) is 0. The second kappa shape index (κ2) is 4.89. The van der Waals surface area contributed by atoms with Gasteiger partial charge in [0.05, 0.1) is 0 Å². The lowest BCUT2D eigenvalue weighted by Crippen LogP contribution is -2.46. The van der Waals surface area contributed by atoms with Crippen molar-refractivity contribution >= 4 is 0 Å². The van der Waals surface area contributed by atoms with E-state index in [9.17, 15) is 0 Å². The lowest BCUT2D eigenvalue weighted by atomic mass is 9.50. The Morgan fingerprint density at radius 1 is 1.00 bits per heavy atom. The summed E-state index contributed by atoms with van der Waals surface area (Å²) in [5.74, 6) is 5.12. The summed E-state index contributed by atoms with van der Waals surface area (Å²) in [5, 5.41) is 0. The van der Waals surface area contributed by atoms with Crippen LogP contribution in [0.4, 0.5) is 0 Å². The predicted octanol–water partition coefficient (Wildman–Crippen LogP) is 5.98. The zero-order valence-corrected chi connectivity index (χ0v) is 13.5. The Labute approximate surface area is 125 Å². The highest BCUT2D eigenvalue weighted by Crippen LogP contribution is 2.63. The van der Waals surface area contributed by atoms with Gasteiger partial charge >= 0.3 is 0 Å². The van der Waals surface area contributed by atoms with Gasteiger partial charge in [-0.15, -0.1) is 0 Å². The highest BCUT2D eigenvalue weighted by atomic mass is 14.6. The Kier molecular flexibility index (Phi) is 3.28. The first-order valence-electron chi connectivity index (χ1n) is 9.41. The van der Waals surface area contributed by atoms with E-state index in [2.05, 4.69) is 19.9 Å². The molecule has 0 nitrogen and oxygen atoms in total. The third-order valence-electron chi connectivity index (χ3n) is 7.93. The molecule has 4 aliphatic carbocycles. The standard InChI is InChI=1S/C20H32/c1-14(2)20-12-5-8-19(20)18-10-9-15-6-3-4-7-16(15)17(18)11-13-20/h9,14,16-19H,3-8,10-13H2,1-2H3. The molecule has 0 amide bonds. The van der Waals surface area contributed by atoms with Gasteiger partial charge in [-0.3, -0.25) is 0 Å². The molecule has 0 bridgehead atoms. The first-order chi connectivity index (χ1) is 9.72. The van der Waals surface area contributed by atoms with Crippen LogP contribution in [0.15, 0.2) is 11.6 Å². The van der Waals surface area contributed by atoms with Crippen LogP contribution in [0.3, 0.4) is 0 Å². The molecule has 0 spiro atoms. The molecule has 3 fully saturated rings. The maximum absolute atomic E-state index is 2.71. The van der Waals surface area contributed by atoms with Crippen LogP contribution >= 0.6 is 0 Å². The largest absolute Gasteiger partial charge is 0.0847 e. The molecule has 0 N–H and O–H groups in total. The minimum atomic E-state index is 0.737. The maximum atomic E-state index is 2.71. The number of fused-ring (bicyclic) bond motifs is 5. The van der Waals surface area contributed by atoms with Crippen molar-refractivity contribution in [2.45, 2.75) is 78.1 Å². The minimum absolute atomic E-state index is 0.737. The molecule has 3 saturated carbocycles. The first kappa shape index (κ1) is 13.4. The van der Waals surface area contributed by atoms with Gasteiger partial charge in [-0.2, -0.15) is 0 Å². The van der Waals surface area contributed by atoms with Gasteiger partial charge in [-0.1, -0.05) is 38.3 Å². The van der Waals surface area contributed by atoms with Gasteiger partial charge in [0.15, 0.2) is 0 Å². The molecule has 0 saturated heterocycles. The van der Waals surface area contributed by atoms with Crippen molar-refractivity contribution in [3.63, 3.8) is 0 Å². The van der Waals surface area contributed by atoms with Gasteiger partial charge in [-0.05, 0) is 86.4 Å². The quantitative estimate of drug-likeness (QED) is 0.515. The van der Waals surface area contributed by atoms with Gasteiger partial charge in [-0.25, -0.2) is 0 Å². The fourth-order valence-corrected chi connectivity index (χ4v) is 6.96. The number of hydrogen-bond donors (Lipinski definition) is 0. The molecule has 0 aliphatic heterocycles. The fraction of sp³-hybridized carbons (Fsp3) is 0.900. The van der Waals surface area contributed by atoms with Crippen LogP contribution in [0.1, 0.15) is 78.1 Å². The van der Waals surface area contributed by atoms with Crippen molar-refractivity contribution in [2.24, 2.45) is 35.0 Å². The Bertz CT molecular complexity index is 404. The van der Waals surface area contributed by atoms with E-state index in [0.29, 0.717) is 0 Å². The van der Waals surface area contributed by atoms with E-state index < -0.39 is 0 Å². The Hall–Kier alpha value is -0.260. The maximum Gasteiger partial charge on any atom is -0.0172 e. The Morgan fingerprint density at radius 3 is 2.75 bits per heavy atom. The zero-order valence-electron chi connectivity index (χ0n) is 13.5. The summed E-state index contributed by atoms with van der Waals surface area (Å²) in [6, 6.07) is 0. The molecule has 4 aliphatic rings. The van der Waals surface area contributed by atoms with E-state index in [1.54, 1.807) is 25.7 Å². The van der Waals surface area contributed by atoms with Crippen LogP contribution in [0.5, 0.6) is 0 Å². The monoisotopic (exact) mass is 272 g/mol. The van der Waals surface area contributed by atoms with Crippen molar-refractivity contribution in [1.82, 2.24) is 0 Å². The third kappa shape index (κ3) is 1.79.